The number of benzene rings is 1. The minimum absolute atomic E-state index is 0.0811. The summed E-state index contributed by atoms with van der Waals surface area (Å²) in [5.41, 5.74) is 5.80. The highest BCUT2D eigenvalue weighted by Crippen LogP contribution is 2.54. The predicted octanol–water partition coefficient (Wildman–Crippen LogP) is 3.37. The highest BCUT2D eigenvalue weighted by Gasteiger charge is 2.55. The number of nitrogens with two attached hydrogens (primary N) is 1. The number of carbonyl (C=O) groups excluding carboxylic acids is 1. The second-order valence-corrected chi connectivity index (χ2v) is 8.04. The molecule has 0 fully saturated rings. The fourth-order valence-corrected chi connectivity index (χ4v) is 4.63. The number of fused-ring (bicyclic) bond motifs is 1. The number of rotatable bonds is 6. The third-order valence-electron chi connectivity index (χ3n) is 6.20. The SMILES string of the molecule is CCCOc1ccc([C@@H]2C3CN(C(=O)OCC)CC=C3C(C#N)=C(N)C2(C#N)C#N)cc1OC. The van der Waals surface area contributed by atoms with Gasteiger partial charge in [-0.2, -0.15) is 15.8 Å². The highest BCUT2D eigenvalue weighted by molar-refractivity contribution is 5.69. The van der Waals surface area contributed by atoms with Gasteiger partial charge in [-0.3, -0.25) is 0 Å². The molecule has 1 amide bonds. The van der Waals surface area contributed by atoms with E-state index in [1.54, 1.807) is 31.2 Å². The van der Waals surface area contributed by atoms with Gasteiger partial charge in [0.15, 0.2) is 16.9 Å². The van der Waals surface area contributed by atoms with E-state index in [4.69, 9.17) is 19.9 Å². The Hall–Kier alpha value is -4.16. The van der Waals surface area contributed by atoms with Crippen LogP contribution < -0.4 is 15.2 Å². The van der Waals surface area contributed by atoms with Crippen molar-refractivity contribution in [2.75, 3.05) is 33.4 Å². The summed E-state index contributed by atoms with van der Waals surface area (Å²) in [7, 11) is 1.51. The molecule has 2 aliphatic rings. The minimum Gasteiger partial charge on any atom is -0.493 e. The molecule has 0 saturated carbocycles. The van der Waals surface area contributed by atoms with Gasteiger partial charge in [-0.1, -0.05) is 19.1 Å². The van der Waals surface area contributed by atoms with Crippen LogP contribution >= 0.6 is 0 Å². The molecule has 2 atom stereocenters. The van der Waals surface area contributed by atoms with Crippen molar-refractivity contribution in [2.24, 2.45) is 17.1 Å². The summed E-state index contributed by atoms with van der Waals surface area (Å²) in [6.45, 7) is 4.82. The van der Waals surface area contributed by atoms with Crippen molar-refractivity contribution < 1.29 is 19.0 Å². The maximum absolute atomic E-state index is 12.5. The zero-order chi connectivity index (χ0) is 24.9. The van der Waals surface area contributed by atoms with Crippen LogP contribution in [0, 0.1) is 45.3 Å². The fraction of sp³-hybridized carbons (Fsp3) is 0.440. The van der Waals surface area contributed by atoms with E-state index in [-0.39, 0.29) is 31.0 Å². The molecule has 1 heterocycles. The Morgan fingerprint density at radius 3 is 2.56 bits per heavy atom. The molecule has 2 N–H and O–H groups in total. The predicted molar refractivity (Wildman–Crippen MR) is 122 cm³/mol. The summed E-state index contributed by atoms with van der Waals surface area (Å²) < 4.78 is 16.4. The number of carbonyl (C=O) groups is 1. The molecule has 9 heteroatoms. The second kappa shape index (κ2) is 10.2. The molecular formula is C25H27N5O4. The van der Waals surface area contributed by atoms with E-state index >= 15 is 0 Å². The Morgan fingerprint density at radius 2 is 1.97 bits per heavy atom. The Kier molecular flexibility index (Phi) is 7.34. The minimum atomic E-state index is -1.82. The molecule has 176 valence electrons. The molecule has 1 aromatic rings. The molecule has 0 spiro atoms. The Labute approximate surface area is 199 Å². The summed E-state index contributed by atoms with van der Waals surface area (Å²) in [6.07, 6.45) is 2.06. The number of nitrogens with zero attached hydrogens (tertiary/aromatic N) is 4. The van der Waals surface area contributed by atoms with Gasteiger partial charge in [0.1, 0.15) is 6.07 Å². The van der Waals surface area contributed by atoms with Crippen molar-refractivity contribution in [1.82, 2.24) is 4.90 Å². The molecule has 9 nitrogen and oxygen atoms in total. The van der Waals surface area contributed by atoms with Crippen molar-refractivity contribution >= 4 is 6.09 Å². The molecule has 0 saturated heterocycles. The van der Waals surface area contributed by atoms with Gasteiger partial charge in [-0.15, -0.1) is 0 Å². The normalized spacial score (nSPS) is 20.7. The quantitative estimate of drug-likeness (QED) is 0.678. The Bertz CT molecular complexity index is 1140. The average molecular weight is 462 g/mol. The first-order valence-corrected chi connectivity index (χ1v) is 11.1. The molecule has 0 aromatic heterocycles. The maximum Gasteiger partial charge on any atom is 0.410 e. The number of allylic oxidation sites excluding steroid dienone is 2. The first-order chi connectivity index (χ1) is 16.4. The van der Waals surface area contributed by atoms with Crippen LogP contribution in [0.3, 0.4) is 0 Å². The van der Waals surface area contributed by atoms with Gasteiger partial charge in [-0.25, -0.2) is 4.79 Å². The van der Waals surface area contributed by atoms with Gasteiger partial charge in [0.05, 0.1) is 43.7 Å². The lowest BCUT2D eigenvalue weighted by molar-refractivity contribution is 0.0999. The second-order valence-electron chi connectivity index (χ2n) is 8.04. The molecule has 3 rings (SSSR count). The van der Waals surface area contributed by atoms with Crippen molar-refractivity contribution in [3.8, 4) is 29.7 Å². The number of hydrogen-bond donors (Lipinski definition) is 1. The van der Waals surface area contributed by atoms with Gasteiger partial charge in [0.2, 0.25) is 0 Å². The number of ether oxygens (including phenoxy) is 3. The molecule has 1 unspecified atom stereocenters. The van der Waals surface area contributed by atoms with Gasteiger partial charge in [-0.05, 0) is 36.6 Å². The van der Waals surface area contributed by atoms with E-state index in [1.807, 2.05) is 6.92 Å². The zero-order valence-corrected chi connectivity index (χ0v) is 19.5. The Balaban J connectivity index is 2.21. The number of amides is 1. The largest absolute Gasteiger partial charge is 0.493 e. The lowest BCUT2D eigenvalue weighted by atomic mass is 9.58. The first kappa shape index (κ1) is 24.5. The standard InChI is InChI=1S/C25H27N5O4/c1-4-10-34-20-7-6-16(11-21(20)32-3)22-19-13-30(24(31)33-5-2)9-8-17(19)18(12-26)23(29)25(22,14-27)15-28/h6-8,11,19,22H,4-5,9-10,13,29H2,1-3H3/t19?,22-/m1/s1. The van der Waals surface area contributed by atoms with E-state index in [0.29, 0.717) is 29.2 Å². The summed E-state index contributed by atoms with van der Waals surface area (Å²) in [5, 5.41) is 30.3. The average Bonchev–Trinajstić information content (AvgIpc) is 2.86. The van der Waals surface area contributed by atoms with Crippen LogP contribution in [0.1, 0.15) is 31.7 Å². The monoisotopic (exact) mass is 461 g/mol. The first-order valence-electron chi connectivity index (χ1n) is 11.1. The third-order valence-corrected chi connectivity index (χ3v) is 6.20. The summed E-state index contributed by atoms with van der Waals surface area (Å²) >= 11 is 0. The number of nitriles is 3. The van der Waals surface area contributed by atoms with Gasteiger partial charge in [0.25, 0.3) is 0 Å². The topological polar surface area (TPSA) is 145 Å². The summed E-state index contributed by atoms with van der Waals surface area (Å²) in [4.78, 5) is 14.0. The van der Waals surface area contributed by atoms with E-state index in [0.717, 1.165) is 6.42 Å². The van der Waals surface area contributed by atoms with Crippen LogP contribution in [0.15, 0.2) is 41.1 Å². The third kappa shape index (κ3) is 4.00. The number of methoxy groups -OCH3 is 1. The van der Waals surface area contributed by atoms with E-state index in [9.17, 15) is 20.6 Å². The van der Waals surface area contributed by atoms with E-state index in [1.165, 1.54) is 12.0 Å². The van der Waals surface area contributed by atoms with Crippen LogP contribution in [0.2, 0.25) is 0 Å². The molecule has 34 heavy (non-hydrogen) atoms. The number of hydrogen-bond acceptors (Lipinski definition) is 8. The molecule has 1 aliphatic heterocycles. The molecule has 1 aliphatic carbocycles. The van der Waals surface area contributed by atoms with Crippen molar-refractivity contribution in [3.63, 3.8) is 0 Å². The van der Waals surface area contributed by atoms with Crippen LogP contribution in [-0.2, 0) is 4.74 Å². The maximum atomic E-state index is 12.5. The lowest BCUT2D eigenvalue weighted by Crippen LogP contribution is -2.49. The molecule has 0 bridgehead atoms. The summed E-state index contributed by atoms with van der Waals surface area (Å²) in [5.74, 6) is -0.311. The van der Waals surface area contributed by atoms with Crippen molar-refractivity contribution in [2.45, 2.75) is 26.2 Å². The highest BCUT2D eigenvalue weighted by atomic mass is 16.6. The lowest BCUT2D eigenvalue weighted by Gasteiger charge is -2.45. The smallest absolute Gasteiger partial charge is 0.410 e. The van der Waals surface area contributed by atoms with E-state index < -0.39 is 23.3 Å². The zero-order valence-electron chi connectivity index (χ0n) is 19.5. The molecular weight excluding hydrogens is 434 g/mol. The fourth-order valence-electron chi connectivity index (χ4n) is 4.63. The van der Waals surface area contributed by atoms with Crippen LogP contribution in [0.5, 0.6) is 11.5 Å². The summed E-state index contributed by atoms with van der Waals surface area (Å²) in [6, 6.07) is 11.5. The molecule has 0 radical (unpaired) electrons. The van der Waals surface area contributed by atoms with Crippen LogP contribution in [-0.4, -0.2) is 44.4 Å². The molecule has 1 aromatic carbocycles. The van der Waals surface area contributed by atoms with Gasteiger partial charge >= 0.3 is 6.09 Å². The van der Waals surface area contributed by atoms with Crippen molar-refractivity contribution in [1.29, 1.82) is 15.8 Å². The van der Waals surface area contributed by atoms with Crippen LogP contribution in [0.4, 0.5) is 4.79 Å². The van der Waals surface area contributed by atoms with Crippen LogP contribution in [0.25, 0.3) is 0 Å². The van der Waals surface area contributed by atoms with E-state index in [2.05, 4.69) is 18.2 Å². The van der Waals surface area contributed by atoms with Gasteiger partial charge in [0, 0.05) is 24.9 Å². The Morgan fingerprint density at radius 1 is 1.24 bits per heavy atom. The van der Waals surface area contributed by atoms with Crippen molar-refractivity contribution in [3.05, 3.63) is 46.7 Å². The van der Waals surface area contributed by atoms with Gasteiger partial charge < -0.3 is 24.8 Å².